The molecule has 1 atom stereocenters. The number of carbonyl (C=O) groups is 1. The van der Waals surface area contributed by atoms with Crippen LogP contribution in [0.4, 0.5) is 0 Å². The Hall–Kier alpha value is -3.85. The molecule has 3 heteroatoms. The molecule has 1 N–H and O–H groups in total. The third-order valence-corrected chi connectivity index (χ3v) is 6.21. The number of amides is 1. The number of nitrogens with zero attached hydrogens (tertiary/aromatic N) is 1. The molecule has 1 aliphatic heterocycles. The average molecular weight is 405 g/mol. The quantitative estimate of drug-likeness (QED) is 0.448. The molecule has 1 fully saturated rings. The molecular formula is C28H23NO2. The minimum atomic E-state index is -0.893. The van der Waals surface area contributed by atoms with Crippen molar-refractivity contribution in [3.8, 4) is 5.75 Å². The Kier molecular flexibility index (Phi) is 4.79. The number of para-hydroxylation sites is 1. The first-order valence-electron chi connectivity index (χ1n) is 10.5. The van der Waals surface area contributed by atoms with Crippen molar-refractivity contribution >= 4 is 5.91 Å². The fourth-order valence-electron chi connectivity index (χ4n) is 4.82. The largest absolute Gasteiger partial charge is 0.508 e. The summed E-state index contributed by atoms with van der Waals surface area (Å²) in [6.07, 6.45) is 0. The maximum atomic E-state index is 14.0. The molecular weight excluding hydrogens is 382 g/mol. The molecule has 31 heavy (non-hydrogen) atoms. The Balaban J connectivity index is 1.73. The highest BCUT2D eigenvalue weighted by Gasteiger charge is 2.63. The van der Waals surface area contributed by atoms with Crippen LogP contribution in [0.5, 0.6) is 5.75 Å². The second kappa shape index (κ2) is 7.77. The third kappa shape index (κ3) is 3.01. The molecule has 0 aliphatic carbocycles. The zero-order valence-corrected chi connectivity index (χ0v) is 17.1. The molecule has 0 radical (unpaired) electrons. The normalized spacial score (nSPS) is 17.2. The molecule has 1 amide bonds. The van der Waals surface area contributed by atoms with E-state index in [2.05, 4.69) is 0 Å². The molecule has 5 rings (SSSR count). The van der Waals surface area contributed by atoms with Gasteiger partial charge in [-0.15, -0.1) is 0 Å². The Bertz CT molecular complexity index is 1150. The summed E-state index contributed by atoms with van der Waals surface area (Å²) < 4.78 is 0. The summed E-state index contributed by atoms with van der Waals surface area (Å²) in [5.74, 6) is 0.247. The zero-order chi connectivity index (χ0) is 21.3. The lowest BCUT2D eigenvalue weighted by atomic mass is 9.59. The van der Waals surface area contributed by atoms with E-state index in [4.69, 9.17) is 0 Å². The van der Waals surface area contributed by atoms with E-state index < -0.39 is 5.41 Å². The lowest BCUT2D eigenvalue weighted by Gasteiger charge is -2.57. The first-order chi connectivity index (χ1) is 15.2. The van der Waals surface area contributed by atoms with Crippen LogP contribution in [0.2, 0.25) is 0 Å². The van der Waals surface area contributed by atoms with E-state index in [-0.39, 0.29) is 17.7 Å². The van der Waals surface area contributed by atoms with Gasteiger partial charge in [0.2, 0.25) is 5.91 Å². The molecule has 4 aromatic carbocycles. The number of benzene rings is 4. The van der Waals surface area contributed by atoms with Crippen LogP contribution in [0.25, 0.3) is 0 Å². The van der Waals surface area contributed by atoms with E-state index in [9.17, 15) is 9.90 Å². The maximum Gasteiger partial charge on any atom is 0.241 e. The Labute approximate surface area is 182 Å². The molecule has 3 nitrogen and oxygen atoms in total. The molecule has 1 heterocycles. The van der Waals surface area contributed by atoms with E-state index in [1.807, 2.05) is 114 Å². The fraction of sp³-hybridized carbons (Fsp3) is 0.107. The number of carbonyl (C=O) groups excluding carboxylic acids is 1. The van der Waals surface area contributed by atoms with Crippen LogP contribution in [0.3, 0.4) is 0 Å². The van der Waals surface area contributed by atoms with Crippen LogP contribution in [0, 0.1) is 0 Å². The molecule has 0 spiro atoms. The number of aromatic hydroxyl groups is 1. The topological polar surface area (TPSA) is 40.5 Å². The summed E-state index contributed by atoms with van der Waals surface area (Å²) in [7, 11) is 0. The van der Waals surface area contributed by atoms with Gasteiger partial charge < -0.3 is 10.0 Å². The van der Waals surface area contributed by atoms with E-state index in [1.54, 1.807) is 6.07 Å². The fourth-order valence-corrected chi connectivity index (χ4v) is 4.82. The van der Waals surface area contributed by atoms with Crippen LogP contribution in [-0.4, -0.2) is 15.9 Å². The Morgan fingerprint density at radius 3 is 1.71 bits per heavy atom. The standard InChI is InChI=1S/C28H23NO2/c30-25-19-11-10-18-24(25)26-28(22-14-6-2-7-15-22,23-16-8-3-9-17-23)27(31)29(26)20-21-12-4-1-5-13-21/h1-19,26,30H,20H2. The van der Waals surface area contributed by atoms with Crippen molar-refractivity contribution in [3.05, 3.63) is 138 Å². The van der Waals surface area contributed by atoms with Gasteiger partial charge in [-0.25, -0.2) is 0 Å². The molecule has 1 saturated heterocycles. The predicted octanol–water partition coefficient (Wildman–Crippen LogP) is 5.46. The summed E-state index contributed by atoms with van der Waals surface area (Å²) in [5.41, 5.74) is 2.79. The van der Waals surface area contributed by atoms with Crippen molar-refractivity contribution in [3.63, 3.8) is 0 Å². The predicted molar refractivity (Wildman–Crippen MR) is 122 cm³/mol. The number of hydrogen-bond acceptors (Lipinski definition) is 2. The van der Waals surface area contributed by atoms with E-state index >= 15 is 0 Å². The summed E-state index contributed by atoms with van der Waals surface area (Å²) in [5, 5.41) is 10.8. The highest BCUT2D eigenvalue weighted by atomic mass is 16.3. The van der Waals surface area contributed by atoms with Crippen molar-refractivity contribution in [1.82, 2.24) is 4.90 Å². The molecule has 1 unspecified atom stereocenters. The number of rotatable bonds is 5. The summed E-state index contributed by atoms with van der Waals surface area (Å²) in [6, 6.07) is 36.8. The summed E-state index contributed by atoms with van der Waals surface area (Å²) in [4.78, 5) is 15.9. The van der Waals surface area contributed by atoms with Crippen molar-refractivity contribution in [2.75, 3.05) is 0 Å². The molecule has 1 aliphatic rings. The monoisotopic (exact) mass is 405 g/mol. The smallest absolute Gasteiger partial charge is 0.241 e. The van der Waals surface area contributed by atoms with E-state index in [1.165, 1.54) is 0 Å². The number of likely N-dealkylation sites (tertiary alicyclic amines) is 1. The first kappa shape index (κ1) is 19.1. The summed E-state index contributed by atoms with van der Waals surface area (Å²) >= 11 is 0. The van der Waals surface area contributed by atoms with Crippen molar-refractivity contribution in [2.45, 2.75) is 18.0 Å². The van der Waals surface area contributed by atoms with Gasteiger partial charge in [0.25, 0.3) is 0 Å². The minimum Gasteiger partial charge on any atom is -0.508 e. The number of phenols is 1. The van der Waals surface area contributed by atoms with Gasteiger partial charge in [0, 0.05) is 12.1 Å². The molecule has 0 bridgehead atoms. The maximum absolute atomic E-state index is 14.0. The number of β-lactam (4-membered cyclic amide) rings is 1. The van der Waals surface area contributed by atoms with Crippen molar-refractivity contribution < 1.29 is 9.90 Å². The second-order valence-electron chi connectivity index (χ2n) is 7.92. The molecule has 0 aromatic heterocycles. The summed E-state index contributed by atoms with van der Waals surface area (Å²) in [6.45, 7) is 0.486. The van der Waals surface area contributed by atoms with Crippen molar-refractivity contribution in [1.29, 1.82) is 0 Å². The highest BCUT2D eigenvalue weighted by Crippen LogP contribution is 2.57. The van der Waals surface area contributed by atoms with Gasteiger partial charge in [0.1, 0.15) is 11.2 Å². The van der Waals surface area contributed by atoms with Crippen LogP contribution in [0.15, 0.2) is 115 Å². The van der Waals surface area contributed by atoms with E-state index in [0.29, 0.717) is 6.54 Å². The van der Waals surface area contributed by atoms with Gasteiger partial charge >= 0.3 is 0 Å². The lowest BCUT2D eigenvalue weighted by molar-refractivity contribution is -0.159. The first-order valence-corrected chi connectivity index (χ1v) is 10.5. The average Bonchev–Trinajstić information content (AvgIpc) is 2.83. The van der Waals surface area contributed by atoms with Gasteiger partial charge in [-0.1, -0.05) is 109 Å². The zero-order valence-electron chi connectivity index (χ0n) is 17.1. The van der Waals surface area contributed by atoms with Crippen LogP contribution in [-0.2, 0) is 16.8 Å². The SMILES string of the molecule is O=C1N(Cc2ccccc2)C(c2ccccc2O)C1(c1ccccc1)c1ccccc1. The number of hydrogen-bond donors (Lipinski definition) is 1. The van der Waals surface area contributed by atoms with Gasteiger partial charge in [0.15, 0.2) is 0 Å². The van der Waals surface area contributed by atoms with Gasteiger partial charge in [0.05, 0.1) is 6.04 Å². The van der Waals surface area contributed by atoms with Crippen LogP contribution < -0.4 is 0 Å². The minimum absolute atomic E-state index is 0.0435. The van der Waals surface area contributed by atoms with Crippen LogP contribution in [0.1, 0.15) is 28.3 Å². The second-order valence-corrected chi connectivity index (χ2v) is 7.92. The lowest BCUT2D eigenvalue weighted by Crippen LogP contribution is -2.66. The van der Waals surface area contributed by atoms with Gasteiger partial charge in [-0.2, -0.15) is 0 Å². The Morgan fingerprint density at radius 2 is 1.16 bits per heavy atom. The van der Waals surface area contributed by atoms with Gasteiger partial charge in [-0.05, 0) is 22.8 Å². The Morgan fingerprint density at radius 1 is 0.677 bits per heavy atom. The number of phenolic OH excluding ortho intramolecular Hbond substituents is 1. The van der Waals surface area contributed by atoms with Crippen molar-refractivity contribution in [2.24, 2.45) is 0 Å². The third-order valence-electron chi connectivity index (χ3n) is 6.21. The van der Waals surface area contributed by atoms with E-state index in [0.717, 1.165) is 22.3 Å². The van der Waals surface area contributed by atoms with Crippen LogP contribution >= 0.6 is 0 Å². The van der Waals surface area contributed by atoms with Gasteiger partial charge in [-0.3, -0.25) is 4.79 Å². The molecule has 152 valence electrons. The molecule has 0 saturated carbocycles. The highest BCUT2D eigenvalue weighted by molar-refractivity contribution is 6.00. The molecule has 4 aromatic rings.